The minimum Gasteiger partial charge on any atom is -0.416 e. The van der Waals surface area contributed by atoms with Crippen molar-refractivity contribution in [1.29, 1.82) is 0 Å². The molecule has 0 saturated carbocycles. The Morgan fingerprint density at radius 1 is 1.28 bits per heavy atom. The van der Waals surface area contributed by atoms with Crippen LogP contribution in [-0.4, -0.2) is 16.2 Å². The summed E-state index contributed by atoms with van der Waals surface area (Å²) in [5.74, 6) is 0.593. The van der Waals surface area contributed by atoms with Gasteiger partial charge in [0.2, 0.25) is 5.89 Å². The molecule has 0 bridgehead atoms. The summed E-state index contributed by atoms with van der Waals surface area (Å²) in [5, 5.41) is 11.8. The first-order valence-corrected chi connectivity index (χ1v) is 6.76. The normalized spacial score (nSPS) is 11.1. The lowest BCUT2D eigenvalue weighted by Crippen LogP contribution is -2.22. The molecule has 1 N–H and O–H groups in total. The van der Waals surface area contributed by atoms with Gasteiger partial charge < -0.3 is 9.73 Å². The Kier molecular flexibility index (Phi) is 4.38. The maximum Gasteiger partial charge on any atom is 0.281 e. The number of benzene rings is 1. The molecule has 1 heterocycles. The quantitative estimate of drug-likeness (QED) is 0.898. The van der Waals surface area contributed by atoms with Gasteiger partial charge in [-0.25, -0.2) is 0 Å². The van der Waals surface area contributed by atoms with E-state index in [9.17, 15) is 0 Å². The minimum absolute atomic E-state index is 0.466. The first kappa shape index (κ1) is 13.1. The molecule has 0 radical (unpaired) electrons. The van der Waals surface area contributed by atoms with Crippen LogP contribution in [0.1, 0.15) is 25.3 Å². The van der Waals surface area contributed by atoms with Crippen LogP contribution in [0.25, 0.3) is 0 Å². The Morgan fingerprint density at radius 3 is 2.72 bits per heavy atom. The highest BCUT2D eigenvalue weighted by atomic mass is 32.2. The molecule has 96 valence electrons. The molecule has 4 nitrogen and oxygen atoms in total. The summed E-state index contributed by atoms with van der Waals surface area (Å²) in [6.45, 7) is 6.91. The molecule has 5 heteroatoms. The summed E-state index contributed by atoms with van der Waals surface area (Å²) in [6, 6.07) is 8.71. The van der Waals surface area contributed by atoms with Crippen molar-refractivity contribution < 1.29 is 4.42 Å². The summed E-state index contributed by atoms with van der Waals surface area (Å²) in [5.41, 5.74) is 1.24. The molecule has 0 unspecified atom stereocenters. The van der Waals surface area contributed by atoms with Gasteiger partial charge in [0.25, 0.3) is 5.22 Å². The molecule has 2 rings (SSSR count). The minimum atomic E-state index is 0.466. The number of aryl methyl sites for hydroxylation is 1. The highest BCUT2D eigenvalue weighted by Gasteiger charge is 2.08. The largest absolute Gasteiger partial charge is 0.416 e. The molecule has 0 saturated heterocycles. The van der Waals surface area contributed by atoms with Crippen molar-refractivity contribution in [2.45, 2.75) is 43.5 Å². The maximum absolute atomic E-state index is 5.39. The van der Waals surface area contributed by atoms with Gasteiger partial charge in [-0.1, -0.05) is 32.0 Å². The van der Waals surface area contributed by atoms with Gasteiger partial charge in [-0.05, 0) is 23.4 Å². The monoisotopic (exact) mass is 263 g/mol. The van der Waals surface area contributed by atoms with Crippen molar-refractivity contribution in [3.05, 3.63) is 35.7 Å². The molecule has 1 aromatic heterocycles. The summed E-state index contributed by atoms with van der Waals surface area (Å²) < 4.78 is 5.39. The van der Waals surface area contributed by atoms with E-state index in [1.165, 1.54) is 17.3 Å². The van der Waals surface area contributed by atoms with Gasteiger partial charge in [-0.3, -0.25) is 0 Å². The fraction of sp³-hybridized carbons (Fsp3) is 0.385. The maximum atomic E-state index is 5.39. The second-order valence-electron chi connectivity index (χ2n) is 4.33. The van der Waals surface area contributed by atoms with Crippen molar-refractivity contribution in [1.82, 2.24) is 15.5 Å². The van der Waals surface area contributed by atoms with E-state index < -0.39 is 0 Å². The topological polar surface area (TPSA) is 51.0 Å². The van der Waals surface area contributed by atoms with Crippen LogP contribution < -0.4 is 5.32 Å². The van der Waals surface area contributed by atoms with E-state index >= 15 is 0 Å². The zero-order valence-corrected chi connectivity index (χ0v) is 11.6. The highest BCUT2D eigenvalue weighted by Crippen LogP contribution is 2.29. The van der Waals surface area contributed by atoms with Crippen LogP contribution in [0.5, 0.6) is 0 Å². The number of aromatic nitrogens is 2. The van der Waals surface area contributed by atoms with E-state index in [2.05, 4.69) is 41.5 Å². The SMILES string of the molecule is Cc1nnc(Sc2ccccc2CNC(C)C)o1. The van der Waals surface area contributed by atoms with Crippen LogP contribution in [-0.2, 0) is 6.54 Å². The number of nitrogens with one attached hydrogen (secondary N) is 1. The average molecular weight is 263 g/mol. The third-order valence-electron chi connectivity index (χ3n) is 2.38. The molecule has 0 aliphatic heterocycles. The molecular weight excluding hydrogens is 246 g/mol. The fourth-order valence-electron chi connectivity index (χ4n) is 1.48. The van der Waals surface area contributed by atoms with Crippen molar-refractivity contribution in [3.63, 3.8) is 0 Å². The molecule has 0 amide bonds. The van der Waals surface area contributed by atoms with Crippen molar-refractivity contribution in [2.75, 3.05) is 0 Å². The van der Waals surface area contributed by atoms with E-state index in [1.54, 1.807) is 6.92 Å². The van der Waals surface area contributed by atoms with Crippen LogP contribution >= 0.6 is 11.8 Å². The van der Waals surface area contributed by atoms with E-state index in [-0.39, 0.29) is 0 Å². The van der Waals surface area contributed by atoms with E-state index in [1.807, 2.05) is 12.1 Å². The van der Waals surface area contributed by atoms with Gasteiger partial charge in [-0.2, -0.15) is 0 Å². The van der Waals surface area contributed by atoms with Gasteiger partial charge in [0, 0.05) is 24.4 Å². The molecule has 0 aliphatic carbocycles. The van der Waals surface area contributed by atoms with Gasteiger partial charge >= 0.3 is 0 Å². The third-order valence-corrected chi connectivity index (χ3v) is 3.34. The Labute approximate surface area is 111 Å². The van der Waals surface area contributed by atoms with Crippen LogP contribution in [0.4, 0.5) is 0 Å². The van der Waals surface area contributed by atoms with Crippen LogP contribution in [0.15, 0.2) is 38.8 Å². The summed E-state index contributed by atoms with van der Waals surface area (Å²) in [6.07, 6.45) is 0. The van der Waals surface area contributed by atoms with Crippen LogP contribution in [0.3, 0.4) is 0 Å². The third kappa shape index (κ3) is 3.58. The lowest BCUT2D eigenvalue weighted by Gasteiger charge is -2.10. The summed E-state index contributed by atoms with van der Waals surface area (Å²) in [4.78, 5) is 1.15. The van der Waals surface area contributed by atoms with Crippen molar-refractivity contribution in [2.24, 2.45) is 0 Å². The molecule has 1 aromatic carbocycles. The number of hydrogen-bond donors (Lipinski definition) is 1. The molecule has 2 aromatic rings. The van der Waals surface area contributed by atoms with E-state index in [0.717, 1.165) is 11.4 Å². The van der Waals surface area contributed by atoms with Gasteiger partial charge in [-0.15, -0.1) is 10.2 Å². The molecular formula is C13H17N3OS. The first-order valence-electron chi connectivity index (χ1n) is 5.94. The van der Waals surface area contributed by atoms with Crippen molar-refractivity contribution >= 4 is 11.8 Å². The second kappa shape index (κ2) is 6.02. The number of hydrogen-bond acceptors (Lipinski definition) is 5. The zero-order chi connectivity index (χ0) is 13.0. The molecule has 0 atom stereocenters. The van der Waals surface area contributed by atoms with E-state index in [0.29, 0.717) is 17.2 Å². The smallest absolute Gasteiger partial charge is 0.281 e. The van der Waals surface area contributed by atoms with Gasteiger partial charge in [0.1, 0.15) is 0 Å². The van der Waals surface area contributed by atoms with Crippen molar-refractivity contribution in [3.8, 4) is 0 Å². The van der Waals surface area contributed by atoms with Gasteiger partial charge in [0.05, 0.1) is 0 Å². The fourth-order valence-corrected chi connectivity index (χ4v) is 2.33. The Morgan fingerprint density at radius 2 is 2.06 bits per heavy atom. The second-order valence-corrected chi connectivity index (χ2v) is 5.33. The lowest BCUT2D eigenvalue weighted by molar-refractivity contribution is 0.429. The Bertz CT molecular complexity index is 510. The Hall–Kier alpha value is -1.33. The summed E-state index contributed by atoms with van der Waals surface area (Å²) in [7, 11) is 0. The predicted octanol–water partition coefficient (Wildman–Crippen LogP) is 3.03. The molecule has 0 spiro atoms. The lowest BCUT2D eigenvalue weighted by atomic mass is 10.2. The molecule has 0 aliphatic rings. The number of rotatable bonds is 5. The average Bonchev–Trinajstić information content (AvgIpc) is 2.73. The Balaban J connectivity index is 2.11. The zero-order valence-electron chi connectivity index (χ0n) is 10.8. The van der Waals surface area contributed by atoms with Crippen LogP contribution in [0.2, 0.25) is 0 Å². The van der Waals surface area contributed by atoms with Gasteiger partial charge in [0.15, 0.2) is 0 Å². The first-order chi connectivity index (χ1) is 8.65. The van der Waals surface area contributed by atoms with E-state index in [4.69, 9.17) is 4.42 Å². The molecule has 18 heavy (non-hydrogen) atoms. The standard InChI is InChI=1S/C13H17N3OS/c1-9(2)14-8-11-6-4-5-7-12(11)18-13-16-15-10(3)17-13/h4-7,9,14H,8H2,1-3H3. The predicted molar refractivity (Wildman–Crippen MR) is 71.6 cm³/mol. The summed E-state index contributed by atoms with van der Waals surface area (Å²) >= 11 is 1.51. The number of nitrogens with zero attached hydrogens (tertiary/aromatic N) is 2. The highest BCUT2D eigenvalue weighted by molar-refractivity contribution is 7.99. The van der Waals surface area contributed by atoms with Crippen LogP contribution in [0, 0.1) is 6.92 Å². The molecule has 0 fully saturated rings.